The normalized spacial score (nSPS) is 11.8. The van der Waals surface area contributed by atoms with Crippen LogP contribution in [0.2, 0.25) is 0 Å². The van der Waals surface area contributed by atoms with Crippen LogP contribution in [-0.4, -0.2) is 50.8 Å². The number of rotatable bonds is 8. The lowest BCUT2D eigenvalue weighted by Gasteiger charge is -2.20. The Kier molecular flexibility index (Phi) is 8.04. The molecule has 0 atom stereocenters. The van der Waals surface area contributed by atoms with E-state index in [1.165, 1.54) is 13.2 Å². The maximum absolute atomic E-state index is 12.9. The van der Waals surface area contributed by atoms with Crippen molar-refractivity contribution in [1.29, 1.82) is 0 Å². The molecule has 1 aromatic rings. The molecule has 1 rings (SSSR count). The van der Waals surface area contributed by atoms with Crippen molar-refractivity contribution < 1.29 is 41.7 Å². The van der Waals surface area contributed by atoms with Gasteiger partial charge in [-0.1, -0.05) is 0 Å². The molecule has 0 radical (unpaired) electrons. The molecule has 7 nitrogen and oxygen atoms in total. The number of hydrogen-bond donors (Lipinski definition) is 1. The average molecular weight is 393 g/mol. The Morgan fingerprint density at radius 1 is 1.11 bits per heavy atom. The van der Waals surface area contributed by atoms with Crippen LogP contribution in [0.5, 0.6) is 5.75 Å². The lowest BCUT2D eigenvalue weighted by Crippen LogP contribution is -2.29. The summed E-state index contributed by atoms with van der Waals surface area (Å²) >= 11 is 0. The highest BCUT2D eigenvalue weighted by molar-refractivity contribution is 6.07. The SMILES string of the molecule is COCCOCOc1ccc(NC(=O)OC(C)(C)C)c(C(=O)C(F)(F)F)c1. The molecule has 0 aliphatic carbocycles. The number of amides is 1. The molecule has 0 bridgehead atoms. The summed E-state index contributed by atoms with van der Waals surface area (Å²) < 4.78 is 58.6. The predicted octanol–water partition coefficient (Wildman–Crippen LogP) is 3.78. The van der Waals surface area contributed by atoms with Gasteiger partial charge in [0.2, 0.25) is 0 Å². The van der Waals surface area contributed by atoms with Crippen molar-refractivity contribution in [3.8, 4) is 5.75 Å². The average Bonchev–Trinajstić information content (AvgIpc) is 2.52. The number of methoxy groups -OCH3 is 1. The molecule has 0 heterocycles. The van der Waals surface area contributed by atoms with Crippen LogP contribution in [0.25, 0.3) is 0 Å². The predicted molar refractivity (Wildman–Crippen MR) is 90.0 cm³/mol. The molecule has 0 aliphatic rings. The molecule has 27 heavy (non-hydrogen) atoms. The Morgan fingerprint density at radius 2 is 1.78 bits per heavy atom. The second-order valence-corrected chi connectivity index (χ2v) is 6.32. The van der Waals surface area contributed by atoms with Gasteiger partial charge in [0.15, 0.2) is 6.79 Å². The molecule has 10 heteroatoms. The fourth-order valence-corrected chi connectivity index (χ4v) is 1.79. The van der Waals surface area contributed by atoms with Crippen LogP contribution in [0.1, 0.15) is 31.1 Å². The van der Waals surface area contributed by atoms with Crippen LogP contribution < -0.4 is 10.1 Å². The van der Waals surface area contributed by atoms with Crippen LogP contribution in [0, 0.1) is 0 Å². The molecule has 0 unspecified atom stereocenters. The third-order valence-corrected chi connectivity index (χ3v) is 2.87. The Labute approximate surface area is 154 Å². The van der Waals surface area contributed by atoms with E-state index in [1.54, 1.807) is 20.8 Å². The standard InChI is InChI=1S/C17H22F3NO6/c1-16(2,3)27-15(23)21-13-6-5-11(26-10-25-8-7-24-4)9-12(13)14(22)17(18,19)20/h5-6,9H,7-8,10H2,1-4H3,(H,21,23). The molecular formula is C17H22F3NO6. The number of Topliss-reactive ketones (excluding diaryl/α,β-unsaturated/α-hetero) is 1. The lowest BCUT2D eigenvalue weighted by molar-refractivity contribution is -0.0884. The molecule has 152 valence electrons. The van der Waals surface area contributed by atoms with Crippen molar-refractivity contribution in [3.05, 3.63) is 23.8 Å². The molecule has 0 aliphatic heterocycles. The number of carbonyl (C=O) groups excluding carboxylic acids is 2. The molecule has 0 fully saturated rings. The molecule has 0 aromatic heterocycles. The number of carbonyl (C=O) groups is 2. The van der Waals surface area contributed by atoms with E-state index in [0.29, 0.717) is 6.61 Å². The number of ketones is 1. The van der Waals surface area contributed by atoms with Crippen LogP contribution in [0.15, 0.2) is 18.2 Å². The maximum atomic E-state index is 12.9. The van der Waals surface area contributed by atoms with Crippen molar-refractivity contribution in [2.75, 3.05) is 32.4 Å². The van der Waals surface area contributed by atoms with Gasteiger partial charge < -0.3 is 18.9 Å². The van der Waals surface area contributed by atoms with Gasteiger partial charge in [0.25, 0.3) is 5.78 Å². The van der Waals surface area contributed by atoms with E-state index in [-0.39, 0.29) is 24.8 Å². The molecular weight excluding hydrogens is 371 g/mol. The van der Waals surface area contributed by atoms with Crippen molar-refractivity contribution in [1.82, 2.24) is 0 Å². The van der Waals surface area contributed by atoms with Gasteiger partial charge in [0.05, 0.1) is 24.5 Å². The fourth-order valence-electron chi connectivity index (χ4n) is 1.79. The summed E-state index contributed by atoms with van der Waals surface area (Å²) in [6.07, 6.45) is -6.12. The molecule has 0 saturated heterocycles. The van der Waals surface area contributed by atoms with Gasteiger partial charge in [-0.25, -0.2) is 4.79 Å². The summed E-state index contributed by atoms with van der Waals surface area (Å²) in [4.78, 5) is 23.5. The zero-order valence-electron chi connectivity index (χ0n) is 15.4. The topological polar surface area (TPSA) is 83.1 Å². The molecule has 0 saturated carbocycles. The van der Waals surface area contributed by atoms with E-state index in [2.05, 4.69) is 5.32 Å². The van der Waals surface area contributed by atoms with Crippen LogP contribution in [0.4, 0.5) is 23.7 Å². The van der Waals surface area contributed by atoms with Gasteiger partial charge in [-0.05, 0) is 39.0 Å². The fraction of sp³-hybridized carbons (Fsp3) is 0.529. The van der Waals surface area contributed by atoms with Crippen LogP contribution >= 0.6 is 0 Å². The van der Waals surface area contributed by atoms with E-state index in [9.17, 15) is 22.8 Å². The summed E-state index contributed by atoms with van der Waals surface area (Å²) in [5, 5.41) is 2.15. The first-order valence-electron chi connectivity index (χ1n) is 7.89. The van der Waals surface area contributed by atoms with E-state index >= 15 is 0 Å². The second kappa shape index (κ2) is 9.56. The molecule has 1 aromatic carbocycles. The Bertz CT molecular complexity index is 655. The monoisotopic (exact) mass is 393 g/mol. The van der Waals surface area contributed by atoms with Crippen LogP contribution in [-0.2, 0) is 14.2 Å². The van der Waals surface area contributed by atoms with Gasteiger partial charge in [0, 0.05) is 7.11 Å². The quantitative estimate of drug-likeness (QED) is 0.411. The number of alkyl halides is 3. The molecule has 1 N–H and O–H groups in total. The first-order valence-corrected chi connectivity index (χ1v) is 7.89. The number of ether oxygens (including phenoxy) is 4. The summed E-state index contributed by atoms with van der Waals surface area (Å²) in [6.45, 7) is 5.07. The Hall–Kier alpha value is -2.33. The highest BCUT2D eigenvalue weighted by Gasteiger charge is 2.41. The summed E-state index contributed by atoms with van der Waals surface area (Å²) in [7, 11) is 1.48. The van der Waals surface area contributed by atoms with Crippen molar-refractivity contribution in [2.45, 2.75) is 32.5 Å². The largest absolute Gasteiger partial charge is 0.468 e. The molecule has 1 amide bonds. The van der Waals surface area contributed by atoms with Gasteiger partial charge >= 0.3 is 12.3 Å². The van der Waals surface area contributed by atoms with E-state index in [4.69, 9.17) is 18.9 Å². The minimum Gasteiger partial charge on any atom is -0.468 e. The Balaban J connectivity index is 2.98. The smallest absolute Gasteiger partial charge is 0.454 e. The highest BCUT2D eigenvalue weighted by Crippen LogP contribution is 2.30. The maximum Gasteiger partial charge on any atom is 0.454 e. The van der Waals surface area contributed by atoms with Gasteiger partial charge in [0.1, 0.15) is 11.4 Å². The zero-order valence-corrected chi connectivity index (χ0v) is 15.4. The Morgan fingerprint density at radius 3 is 2.33 bits per heavy atom. The second-order valence-electron chi connectivity index (χ2n) is 6.32. The van der Waals surface area contributed by atoms with Crippen molar-refractivity contribution >= 4 is 17.6 Å². The van der Waals surface area contributed by atoms with Gasteiger partial charge in [-0.3, -0.25) is 10.1 Å². The zero-order chi connectivity index (χ0) is 20.7. The van der Waals surface area contributed by atoms with E-state index in [0.717, 1.165) is 12.1 Å². The number of halogens is 3. The number of anilines is 1. The molecule has 0 spiro atoms. The minimum atomic E-state index is -5.13. The highest BCUT2D eigenvalue weighted by atomic mass is 19.4. The van der Waals surface area contributed by atoms with Gasteiger partial charge in [-0.2, -0.15) is 13.2 Å². The van der Waals surface area contributed by atoms with Gasteiger partial charge in [-0.15, -0.1) is 0 Å². The minimum absolute atomic E-state index is 0.0326. The number of hydrogen-bond acceptors (Lipinski definition) is 6. The van der Waals surface area contributed by atoms with E-state index < -0.39 is 29.2 Å². The van der Waals surface area contributed by atoms with Crippen molar-refractivity contribution in [3.63, 3.8) is 0 Å². The summed E-state index contributed by atoms with van der Waals surface area (Å²) in [5.74, 6) is -2.16. The third kappa shape index (κ3) is 8.27. The van der Waals surface area contributed by atoms with Crippen molar-refractivity contribution in [2.24, 2.45) is 0 Å². The number of nitrogens with one attached hydrogen (secondary N) is 1. The third-order valence-electron chi connectivity index (χ3n) is 2.87. The first kappa shape index (κ1) is 22.7. The summed E-state index contributed by atoms with van der Waals surface area (Å²) in [6, 6.07) is 3.29. The summed E-state index contributed by atoms with van der Waals surface area (Å²) in [5.41, 5.74) is -1.98. The van der Waals surface area contributed by atoms with E-state index in [1.807, 2.05) is 0 Å². The van der Waals surface area contributed by atoms with Crippen LogP contribution in [0.3, 0.4) is 0 Å². The first-order chi connectivity index (χ1) is 12.4. The number of benzene rings is 1. The lowest BCUT2D eigenvalue weighted by atomic mass is 10.1.